The summed E-state index contributed by atoms with van der Waals surface area (Å²) in [6.07, 6.45) is 1.35. The summed E-state index contributed by atoms with van der Waals surface area (Å²) >= 11 is 0. The third-order valence-electron chi connectivity index (χ3n) is 5.49. The molecule has 2 fully saturated rings. The van der Waals surface area contributed by atoms with Crippen molar-refractivity contribution in [3.05, 3.63) is 35.9 Å². The van der Waals surface area contributed by atoms with Crippen LogP contribution in [0.1, 0.15) is 24.3 Å². The summed E-state index contributed by atoms with van der Waals surface area (Å²) in [4.78, 5) is 39.3. The molecule has 26 heavy (non-hydrogen) atoms. The summed E-state index contributed by atoms with van der Waals surface area (Å²) in [6.45, 7) is 2.26. The highest BCUT2D eigenvalue weighted by atomic mass is 16.4. The van der Waals surface area contributed by atoms with Crippen molar-refractivity contribution in [3.8, 4) is 0 Å². The minimum absolute atomic E-state index is 0.0356. The van der Waals surface area contributed by atoms with E-state index in [4.69, 9.17) is 5.73 Å². The van der Waals surface area contributed by atoms with Crippen LogP contribution < -0.4 is 5.73 Å². The molecular formula is C19H25N3O4. The predicted molar refractivity (Wildman–Crippen MR) is 95.2 cm³/mol. The van der Waals surface area contributed by atoms with E-state index in [-0.39, 0.29) is 36.7 Å². The first kappa shape index (κ1) is 18.4. The van der Waals surface area contributed by atoms with Gasteiger partial charge in [-0.15, -0.1) is 0 Å². The van der Waals surface area contributed by atoms with Gasteiger partial charge in [-0.2, -0.15) is 0 Å². The number of hydrogen-bond donors (Lipinski definition) is 2. The number of hydrogen-bond acceptors (Lipinski definition) is 4. The second-order valence-electron chi connectivity index (χ2n) is 7.22. The van der Waals surface area contributed by atoms with Crippen LogP contribution in [0.25, 0.3) is 0 Å². The Morgan fingerprint density at radius 2 is 1.73 bits per heavy atom. The Labute approximate surface area is 152 Å². The SMILES string of the molecule is NC(=O)CN1CCC(C(=O)N2C[C@H](C(=O)O)[C@@H](c3ccccc3)C2)CC1. The molecule has 0 spiro atoms. The molecule has 3 rings (SSSR count). The Morgan fingerprint density at radius 3 is 2.31 bits per heavy atom. The summed E-state index contributed by atoms with van der Waals surface area (Å²) in [6, 6.07) is 9.55. The molecule has 2 heterocycles. The molecule has 0 radical (unpaired) electrons. The van der Waals surface area contributed by atoms with Crippen molar-refractivity contribution in [2.45, 2.75) is 18.8 Å². The number of aliphatic carboxylic acids is 1. The highest BCUT2D eigenvalue weighted by Gasteiger charge is 2.42. The molecule has 7 nitrogen and oxygen atoms in total. The molecule has 7 heteroatoms. The van der Waals surface area contributed by atoms with Gasteiger partial charge in [-0.05, 0) is 31.5 Å². The molecule has 2 aliphatic heterocycles. The monoisotopic (exact) mass is 359 g/mol. The fourth-order valence-electron chi connectivity index (χ4n) is 4.09. The van der Waals surface area contributed by atoms with Crippen molar-refractivity contribution in [1.82, 2.24) is 9.80 Å². The largest absolute Gasteiger partial charge is 0.481 e. The number of nitrogens with two attached hydrogens (primary N) is 1. The van der Waals surface area contributed by atoms with Crippen LogP contribution in [0.4, 0.5) is 0 Å². The van der Waals surface area contributed by atoms with Gasteiger partial charge in [0.15, 0.2) is 0 Å². The fraction of sp³-hybridized carbons (Fsp3) is 0.526. The zero-order valence-corrected chi connectivity index (χ0v) is 14.7. The van der Waals surface area contributed by atoms with Gasteiger partial charge in [0.05, 0.1) is 12.5 Å². The second kappa shape index (κ2) is 7.86. The Morgan fingerprint density at radius 1 is 1.08 bits per heavy atom. The fourth-order valence-corrected chi connectivity index (χ4v) is 4.09. The molecular weight excluding hydrogens is 334 g/mol. The molecule has 0 bridgehead atoms. The summed E-state index contributed by atoms with van der Waals surface area (Å²) < 4.78 is 0. The van der Waals surface area contributed by atoms with Gasteiger partial charge < -0.3 is 15.7 Å². The van der Waals surface area contributed by atoms with E-state index in [0.29, 0.717) is 32.5 Å². The van der Waals surface area contributed by atoms with Crippen LogP contribution in [0.3, 0.4) is 0 Å². The first-order chi connectivity index (χ1) is 12.5. The first-order valence-corrected chi connectivity index (χ1v) is 9.03. The highest BCUT2D eigenvalue weighted by molar-refractivity contribution is 5.81. The Hall–Kier alpha value is -2.41. The van der Waals surface area contributed by atoms with Crippen molar-refractivity contribution >= 4 is 17.8 Å². The second-order valence-corrected chi connectivity index (χ2v) is 7.22. The van der Waals surface area contributed by atoms with Gasteiger partial charge in [0.25, 0.3) is 0 Å². The maximum atomic E-state index is 12.9. The van der Waals surface area contributed by atoms with Crippen LogP contribution in [0.15, 0.2) is 30.3 Å². The van der Waals surface area contributed by atoms with Crippen molar-refractivity contribution < 1.29 is 19.5 Å². The van der Waals surface area contributed by atoms with E-state index in [1.807, 2.05) is 35.2 Å². The average molecular weight is 359 g/mol. The van der Waals surface area contributed by atoms with Gasteiger partial charge in [0.1, 0.15) is 0 Å². The van der Waals surface area contributed by atoms with Gasteiger partial charge in [0, 0.05) is 24.9 Å². The molecule has 0 aliphatic carbocycles. The normalized spacial score (nSPS) is 24.5. The van der Waals surface area contributed by atoms with Crippen LogP contribution >= 0.6 is 0 Å². The van der Waals surface area contributed by atoms with Crippen LogP contribution in [-0.4, -0.2) is 65.4 Å². The molecule has 0 unspecified atom stereocenters. The molecule has 140 valence electrons. The number of piperidine rings is 1. The van der Waals surface area contributed by atoms with Crippen LogP contribution in [0, 0.1) is 11.8 Å². The number of carbonyl (C=O) groups is 3. The Kier molecular flexibility index (Phi) is 5.56. The Bertz CT molecular complexity index is 671. The molecule has 0 saturated carbocycles. The quantitative estimate of drug-likeness (QED) is 0.797. The molecule has 1 aromatic carbocycles. The molecule has 2 atom stereocenters. The first-order valence-electron chi connectivity index (χ1n) is 9.03. The lowest BCUT2D eigenvalue weighted by atomic mass is 9.89. The van der Waals surface area contributed by atoms with E-state index in [2.05, 4.69) is 0 Å². The molecule has 2 saturated heterocycles. The van der Waals surface area contributed by atoms with Gasteiger partial charge in [-0.3, -0.25) is 19.3 Å². The smallest absolute Gasteiger partial charge is 0.308 e. The number of likely N-dealkylation sites (tertiary alicyclic amines) is 2. The summed E-state index contributed by atoms with van der Waals surface area (Å²) in [7, 11) is 0. The zero-order chi connectivity index (χ0) is 18.7. The summed E-state index contributed by atoms with van der Waals surface area (Å²) in [5, 5.41) is 9.59. The van der Waals surface area contributed by atoms with Crippen LogP contribution in [-0.2, 0) is 14.4 Å². The van der Waals surface area contributed by atoms with Gasteiger partial charge in [-0.1, -0.05) is 30.3 Å². The van der Waals surface area contributed by atoms with Gasteiger partial charge in [-0.25, -0.2) is 0 Å². The predicted octanol–water partition coefficient (Wildman–Crippen LogP) is 0.511. The third-order valence-corrected chi connectivity index (χ3v) is 5.49. The molecule has 0 aromatic heterocycles. The maximum Gasteiger partial charge on any atom is 0.308 e. The number of carbonyl (C=O) groups excluding carboxylic acids is 2. The topological polar surface area (TPSA) is 104 Å². The zero-order valence-electron chi connectivity index (χ0n) is 14.7. The van der Waals surface area contributed by atoms with Crippen LogP contribution in [0.5, 0.6) is 0 Å². The molecule has 1 aromatic rings. The van der Waals surface area contributed by atoms with Crippen LogP contribution in [0.2, 0.25) is 0 Å². The number of primary amides is 1. The minimum atomic E-state index is -0.856. The van der Waals surface area contributed by atoms with Gasteiger partial charge in [0.2, 0.25) is 11.8 Å². The lowest BCUT2D eigenvalue weighted by Gasteiger charge is -2.32. The molecule has 2 aliphatic rings. The number of carboxylic acid groups (broad SMARTS) is 1. The standard InChI is InChI=1S/C19H25N3O4/c20-17(23)12-21-8-6-14(7-9-21)18(24)22-10-15(16(11-22)19(25)26)13-4-2-1-3-5-13/h1-5,14-16H,6-12H2,(H2,20,23)(H,25,26)/t15-,16+/m1/s1. The third kappa shape index (κ3) is 4.04. The number of rotatable bonds is 5. The maximum absolute atomic E-state index is 12.9. The van der Waals surface area contributed by atoms with Crippen molar-refractivity contribution in [2.75, 3.05) is 32.7 Å². The lowest BCUT2D eigenvalue weighted by molar-refractivity contribution is -0.142. The van der Waals surface area contributed by atoms with Gasteiger partial charge >= 0.3 is 5.97 Å². The van der Waals surface area contributed by atoms with E-state index >= 15 is 0 Å². The van der Waals surface area contributed by atoms with Crippen molar-refractivity contribution in [2.24, 2.45) is 17.6 Å². The van der Waals surface area contributed by atoms with Crippen molar-refractivity contribution in [3.63, 3.8) is 0 Å². The highest BCUT2D eigenvalue weighted by Crippen LogP contribution is 2.34. The lowest BCUT2D eigenvalue weighted by Crippen LogP contribution is -2.44. The number of carboxylic acids is 1. The summed E-state index contributed by atoms with van der Waals surface area (Å²) in [5.74, 6) is -2.03. The van der Waals surface area contributed by atoms with E-state index in [0.717, 1.165) is 5.56 Å². The number of amides is 2. The molecule has 3 N–H and O–H groups in total. The Balaban J connectivity index is 1.64. The van der Waals surface area contributed by atoms with E-state index in [1.54, 1.807) is 4.90 Å². The minimum Gasteiger partial charge on any atom is -0.481 e. The summed E-state index contributed by atoms with van der Waals surface area (Å²) in [5.41, 5.74) is 6.18. The number of nitrogens with zero attached hydrogens (tertiary/aromatic N) is 2. The van der Waals surface area contributed by atoms with Crippen molar-refractivity contribution in [1.29, 1.82) is 0 Å². The van der Waals surface area contributed by atoms with E-state index < -0.39 is 11.9 Å². The molecule has 2 amide bonds. The number of benzene rings is 1. The van der Waals surface area contributed by atoms with E-state index in [9.17, 15) is 19.5 Å². The van der Waals surface area contributed by atoms with E-state index in [1.165, 1.54) is 0 Å². The average Bonchev–Trinajstić information content (AvgIpc) is 3.08.